The average Bonchev–Trinajstić information content (AvgIpc) is 2.83. The number of amides is 1. The van der Waals surface area contributed by atoms with E-state index >= 15 is 0 Å². The molecule has 3 rings (SSSR count). The van der Waals surface area contributed by atoms with Crippen molar-refractivity contribution >= 4 is 11.9 Å². The molecule has 0 aliphatic carbocycles. The van der Waals surface area contributed by atoms with Crippen LogP contribution in [0.25, 0.3) is 0 Å². The summed E-state index contributed by atoms with van der Waals surface area (Å²) >= 11 is 0. The number of aromatic nitrogens is 2. The number of fused-ring (bicyclic) bond motifs is 1. The zero-order valence-corrected chi connectivity index (χ0v) is 9.21. The third kappa shape index (κ3) is 1.27. The van der Waals surface area contributed by atoms with Crippen LogP contribution < -0.4 is 4.90 Å². The van der Waals surface area contributed by atoms with Gasteiger partial charge in [0.05, 0.1) is 12.1 Å². The lowest BCUT2D eigenvalue weighted by Crippen LogP contribution is -2.36. The number of anilines is 1. The van der Waals surface area contributed by atoms with Crippen LogP contribution in [-0.2, 0) is 4.79 Å². The fourth-order valence-electron chi connectivity index (χ4n) is 2.73. The van der Waals surface area contributed by atoms with Crippen molar-refractivity contribution in [2.24, 2.45) is 0 Å². The van der Waals surface area contributed by atoms with Crippen LogP contribution in [0.1, 0.15) is 12.8 Å². The Morgan fingerprint density at radius 1 is 1.31 bits per heavy atom. The maximum Gasteiger partial charge on any atom is 0.225 e. The first-order valence-corrected chi connectivity index (χ1v) is 5.56. The smallest absolute Gasteiger partial charge is 0.225 e. The molecule has 0 unspecified atom stereocenters. The van der Waals surface area contributed by atoms with Crippen LogP contribution in [0, 0.1) is 0 Å². The lowest BCUT2D eigenvalue weighted by Gasteiger charge is -2.23. The van der Waals surface area contributed by atoms with Gasteiger partial charge in [-0.05, 0) is 12.5 Å². The zero-order valence-electron chi connectivity index (χ0n) is 9.21. The highest BCUT2D eigenvalue weighted by Crippen LogP contribution is 2.32. The molecule has 3 heterocycles. The van der Waals surface area contributed by atoms with Gasteiger partial charge in [-0.2, -0.15) is 0 Å². The Hall–Kier alpha value is -1.65. The molecule has 2 aliphatic heterocycles. The van der Waals surface area contributed by atoms with Crippen LogP contribution in [0.15, 0.2) is 18.5 Å². The summed E-state index contributed by atoms with van der Waals surface area (Å²) in [7, 11) is 1.89. The third-order valence-corrected chi connectivity index (χ3v) is 3.59. The molecule has 1 aromatic rings. The van der Waals surface area contributed by atoms with E-state index in [9.17, 15) is 4.79 Å². The molecule has 2 fully saturated rings. The van der Waals surface area contributed by atoms with Gasteiger partial charge in [-0.3, -0.25) is 4.79 Å². The van der Waals surface area contributed by atoms with Gasteiger partial charge >= 0.3 is 0 Å². The molecule has 16 heavy (non-hydrogen) atoms. The molecular formula is C11H14N4O. The zero-order chi connectivity index (χ0) is 11.1. The molecule has 2 aliphatic rings. The molecule has 1 aromatic heterocycles. The molecule has 0 spiro atoms. The average molecular weight is 218 g/mol. The van der Waals surface area contributed by atoms with E-state index in [4.69, 9.17) is 0 Å². The Labute approximate surface area is 94.1 Å². The quantitative estimate of drug-likeness (QED) is 0.679. The van der Waals surface area contributed by atoms with E-state index in [1.54, 1.807) is 12.4 Å². The predicted molar refractivity (Wildman–Crippen MR) is 59.0 cm³/mol. The van der Waals surface area contributed by atoms with Crippen molar-refractivity contribution < 1.29 is 4.79 Å². The first-order valence-electron chi connectivity index (χ1n) is 5.56. The molecule has 2 atom stereocenters. The number of likely N-dealkylation sites (N-methyl/N-ethyl adjacent to an activating group) is 1. The molecule has 0 N–H and O–H groups in total. The van der Waals surface area contributed by atoms with Crippen LogP contribution in [0.4, 0.5) is 5.95 Å². The van der Waals surface area contributed by atoms with Gasteiger partial charge in [0.25, 0.3) is 0 Å². The summed E-state index contributed by atoms with van der Waals surface area (Å²) in [4.78, 5) is 24.2. The van der Waals surface area contributed by atoms with Gasteiger partial charge < -0.3 is 9.80 Å². The minimum Gasteiger partial charge on any atom is -0.341 e. The van der Waals surface area contributed by atoms with E-state index < -0.39 is 0 Å². The van der Waals surface area contributed by atoms with Gasteiger partial charge in [0.2, 0.25) is 11.9 Å². The van der Waals surface area contributed by atoms with E-state index in [2.05, 4.69) is 14.9 Å². The van der Waals surface area contributed by atoms with Crippen LogP contribution in [0.5, 0.6) is 0 Å². The standard InChI is InChI=1S/C11H14N4O/c1-14-8-3-6-15(9(8)7-10(14)16)11-12-4-2-5-13-11/h2,4-5,8-9H,3,6-7H2,1H3/t8-,9-/m1/s1. The monoisotopic (exact) mass is 218 g/mol. The number of nitrogens with zero attached hydrogens (tertiary/aromatic N) is 4. The highest BCUT2D eigenvalue weighted by molar-refractivity contribution is 5.81. The second-order valence-corrected chi connectivity index (χ2v) is 4.37. The van der Waals surface area contributed by atoms with E-state index in [1.165, 1.54) is 0 Å². The van der Waals surface area contributed by atoms with Gasteiger partial charge in [0.1, 0.15) is 0 Å². The number of hydrogen-bond donors (Lipinski definition) is 0. The highest BCUT2D eigenvalue weighted by Gasteiger charge is 2.45. The fourth-order valence-corrected chi connectivity index (χ4v) is 2.73. The summed E-state index contributed by atoms with van der Waals surface area (Å²) < 4.78 is 0. The van der Waals surface area contributed by atoms with Crippen LogP contribution in [-0.4, -0.2) is 46.5 Å². The first kappa shape index (κ1) is 9.57. The van der Waals surface area contributed by atoms with Crippen molar-refractivity contribution in [3.8, 4) is 0 Å². The summed E-state index contributed by atoms with van der Waals surface area (Å²) in [5, 5.41) is 0. The summed E-state index contributed by atoms with van der Waals surface area (Å²) in [5.41, 5.74) is 0. The number of likely N-dealkylation sites (tertiary alicyclic amines) is 1. The van der Waals surface area contributed by atoms with Crippen molar-refractivity contribution in [3.63, 3.8) is 0 Å². The van der Waals surface area contributed by atoms with Gasteiger partial charge in [-0.1, -0.05) is 0 Å². The minimum absolute atomic E-state index is 0.232. The minimum atomic E-state index is 0.232. The van der Waals surface area contributed by atoms with Gasteiger partial charge in [-0.15, -0.1) is 0 Å². The van der Waals surface area contributed by atoms with Crippen LogP contribution in [0.2, 0.25) is 0 Å². The summed E-state index contributed by atoms with van der Waals surface area (Å²) in [6, 6.07) is 2.42. The lowest BCUT2D eigenvalue weighted by molar-refractivity contribution is -0.127. The normalized spacial score (nSPS) is 28.7. The van der Waals surface area contributed by atoms with Crippen molar-refractivity contribution in [1.29, 1.82) is 0 Å². The Kier molecular flexibility index (Phi) is 2.05. The lowest BCUT2D eigenvalue weighted by atomic mass is 10.1. The van der Waals surface area contributed by atoms with Crippen molar-refractivity contribution in [2.45, 2.75) is 24.9 Å². The number of carbonyl (C=O) groups is 1. The molecule has 0 radical (unpaired) electrons. The maximum atomic E-state index is 11.6. The van der Waals surface area contributed by atoms with Crippen LogP contribution in [0.3, 0.4) is 0 Å². The van der Waals surface area contributed by atoms with Gasteiger partial charge in [0, 0.05) is 32.4 Å². The highest BCUT2D eigenvalue weighted by atomic mass is 16.2. The van der Waals surface area contributed by atoms with E-state index in [0.717, 1.165) is 18.9 Å². The van der Waals surface area contributed by atoms with Crippen LogP contribution >= 0.6 is 0 Å². The number of carbonyl (C=O) groups excluding carboxylic acids is 1. The Balaban J connectivity index is 1.88. The van der Waals surface area contributed by atoms with Crippen molar-refractivity contribution in [1.82, 2.24) is 14.9 Å². The SMILES string of the molecule is CN1C(=O)C[C@@H]2[C@H]1CCN2c1ncccn1. The largest absolute Gasteiger partial charge is 0.341 e. The fraction of sp³-hybridized carbons (Fsp3) is 0.545. The molecule has 5 heteroatoms. The summed E-state index contributed by atoms with van der Waals surface area (Å²) in [5.74, 6) is 0.980. The molecular weight excluding hydrogens is 204 g/mol. The van der Waals surface area contributed by atoms with Crippen molar-refractivity contribution in [3.05, 3.63) is 18.5 Å². The molecule has 2 saturated heterocycles. The predicted octanol–water partition coefficient (Wildman–Crippen LogP) is 0.286. The topological polar surface area (TPSA) is 49.3 Å². The first-order chi connectivity index (χ1) is 7.77. The molecule has 5 nitrogen and oxygen atoms in total. The molecule has 0 bridgehead atoms. The van der Waals surface area contributed by atoms with E-state index in [1.807, 2.05) is 18.0 Å². The Morgan fingerprint density at radius 2 is 2.06 bits per heavy atom. The van der Waals surface area contributed by atoms with E-state index in [-0.39, 0.29) is 11.9 Å². The molecule has 0 saturated carbocycles. The number of hydrogen-bond acceptors (Lipinski definition) is 4. The van der Waals surface area contributed by atoms with Gasteiger partial charge in [-0.25, -0.2) is 9.97 Å². The third-order valence-electron chi connectivity index (χ3n) is 3.59. The second kappa shape index (κ2) is 3.43. The molecule has 84 valence electrons. The molecule has 0 aromatic carbocycles. The van der Waals surface area contributed by atoms with Crippen molar-refractivity contribution in [2.75, 3.05) is 18.5 Å². The van der Waals surface area contributed by atoms with E-state index in [0.29, 0.717) is 12.5 Å². The summed E-state index contributed by atoms with van der Waals surface area (Å²) in [6.45, 7) is 0.941. The number of rotatable bonds is 1. The van der Waals surface area contributed by atoms with Gasteiger partial charge in [0.15, 0.2) is 0 Å². The Morgan fingerprint density at radius 3 is 2.81 bits per heavy atom. The second-order valence-electron chi connectivity index (χ2n) is 4.37. The molecule has 1 amide bonds. The maximum absolute atomic E-state index is 11.6. The Bertz CT molecular complexity index is 408. The summed E-state index contributed by atoms with van der Waals surface area (Å²) in [6.07, 6.45) is 5.11.